The number of ether oxygens (including phenoxy) is 13. The van der Waals surface area contributed by atoms with Gasteiger partial charge in [-0.1, -0.05) is 93.0 Å². The molecule has 0 fully saturated rings. The molecule has 1 aromatic rings. The normalized spacial score (nSPS) is 11.6. The van der Waals surface area contributed by atoms with Gasteiger partial charge in [-0.3, -0.25) is 0 Å². The topological polar surface area (TPSA) is 120 Å². The third-order valence-corrected chi connectivity index (χ3v) is 9.52. The molecule has 0 bridgehead atoms. The smallest absolute Gasteiger partial charge is 0.119 e. The zero-order valence-electron chi connectivity index (χ0n) is 36.9. The summed E-state index contributed by atoms with van der Waals surface area (Å²) >= 11 is 2.42. The van der Waals surface area contributed by atoms with Crippen molar-refractivity contribution in [2.75, 3.05) is 170 Å². The molecule has 0 atom stereocenters. The van der Waals surface area contributed by atoms with Crippen molar-refractivity contribution in [3.8, 4) is 5.75 Å². The lowest BCUT2D eigenvalue weighted by Crippen LogP contribution is -2.15. The summed E-state index contributed by atoms with van der Waals surface area (Å²) in [6.45, 7) is 15.9. The first-order valence-electron chi connectivity index (χ1n) is 22.6. The van der Waals surface area contributed by atoms with Gasteiger partial charge < -0.3 is 61.6 Å². The van der Waals surface area contributed by atoms with Crippen LogP contribution in [0.4, 0.5) is 0 Å². The van der Waals surface area contributed by atoms with Gasteiger partial charge in [0.25, 0.3) is 0 Å². The molecule has 0 aliphatic carbocycles. The van der Waals surface area contributed by atoms with Crippen LogP contribution in [0.3, 0.4) is 0 Å². The molecule has 0 aromatic heterocycles. The van der Waals surface area contributed by atoms with Crippen LogP contribution in [-0.2, 0) is 63.3 Å². The van der Waals surface area contributed by atoms with Crippen molar-refractivity contribution < 1.29 is 61.6 Å². The van der Waals surface area contributed by atoms with Crippen molar-refractivity contribution >= 4 is 22.6 Å². The Hall–Kier alpha value is -0.730. The molecule has 0 saturated heterocycles. The molecule has 1 rings (SSSR count). The first-order chi connectivity index (χ1) is 29.4. The summed E-state index contributed by atoms with van der Waals surface area (Å²) < 4.78 is 73.4. The Labute approximate surface area is 371 Å². The number of unbranched alkanes of at least 4 members (excludes halogenated alkanes) is 9. The Kier molecular flexibility index (Phi) is 47.6. The Morgan fingerprint density at radius 1 is 0.305 bits per heavy atom. The summed E-state index contributed by atoms with van der Waals surface area (Å²) in [6.07, 6.45) is 15.5. The number of hydrogen-bond acceptors (Lipinski definition) is 13. The van der Waals surface area contributed by atoms with Crippen LogP contribution in [0, 0.1) is 0 Å². The van der Waals surface area contributed by atoms with Crippen LogP contribution in [0.1, 0.15) is 83.1 Å². The molecule has 14 heteroatoms. The van der Waals surface area contributed by atoms with E-state index in [4.69, 9.17) is 61.6 Å². The average molecular weight is 959 g/mol. The number of alkyl halides is 1. The van der Waals surface area contributed by atoms with Crippen LogP contribution in [0.5, 0.6) is 5.75 Å². The van der Waals surface area contributed by atoms with Crippen molar-refractivity contribution in [1.29, 1.82) is 0 Å². The van der Waals surface area contributed by atoms with E-state index in [0.29, 0.717) is 159 Å². The minimum Gasteiger partial charge on any atom is -0.491 e. The first-order valence-corrected chi connectivity index (χ1v) is 24.1. The zero-order valence-corrected chi connectivity index (χ0v) is 39.0. The van der Waals surface area contributed by atoms with E-state index in [2.05, 4.69) is 53.8 Å². The van der Waals surface area contributed by atoms with E-state index in [1.807, 2.05) is 0 Å². The Bertz CT molecular complexity index is 918. The summed E-state index contributed by atoms with van der Waals surface area (Å²) in [5.41, 5.74) is 1.38. The second kappa shape index (κ2) is 49.9. The molecule has 0 radical (unpaired) electrons. The fourth-order valence-electron chi connectivity index (χ4n) is 5.43. The van der Waals surface area contributed by atoms with E-state index < -0.39 is 0 Å². The maximum Gasteiger partial charge on any atom is 0.119 e. The third-order valence-electron chi connectivity index (χ3n) is 8.75. The number of hydrogen-bond donors (Lipinski definition) is 0. The highest BCUT2D eigenvalue weighted by Gasteiger charge is 2.00. The molecule has 0 spiro atoms. The van der Waals surface area contributed by atoms with Gasteiger partial charge in [-0.2, -0.15) is 0 Å². The number of benzene rings is 1. The highest BCUT2D eigenvalue weighted by Crippen LogP contribution is 2.15. The number of rotatable bonds is 51. The molecule has 0 saturated carbocycles. The van der Waals surface area contributed by atoms with Gasteiger partial charge in [-0.05, 0) is 47.8 Å². The first kappa shape index (κ1) is 56.3. The minimum atomic E-state index is 0.512. The molecular formula is C45H83IO13. The van der Waals surface area contributed by atoms with Gasteiger partial charge in [0.2, 0.25) is 0 Å². The lowest BCUT2D eigenvalue weighted by atomic mass is 10.0. The predicted octanol–water partition coefficient (Wildman–Crippen LogP) is 7.55. The molecule has 0 heterocycles. The van der Waals surface area contributed by atoms with Crippen molar-refractivity contribution in [3.63, 3.8) is 0 Å². The zero-order chi connectivity index (χ0) is 42.0. The van der Waals surface area contributed by atoms with Gasteiger partial charge in [-0.15, -0.1) is 0 Å². The maximum absolute atomic E-state index is 5.79. The summed E-state index contributed by atoms with van der Waals surface area (Å²) in [4.78, 5) is 0. The molecule has 0 N–H and O–H groups in total. The fraction of sp³-hybridized carbons (Fsp3) is 0.867. The summed E-state index contributed by atoms with van der Waals surface area (Å²) in [6, 6.07) is 8.46. The third kappa shape index (κ3) is 45.1. The van der Waals surface area contributed by atoms with Crippen LogP contribution in [-0.4, -0.2) is 170 Å². The molecule has 0 unspecified atom stereocenters. The fourth-order valence-corrected chi connectivity index (χ4v) is 5.97. The molecule has 13 nitrogen and oxygen atoms in total. The van der Waals surface area contributed by atoms with Crippen molar-refractivity contribution in [3.05, 3.63) is 29.8 Å². The predicted molar refractivity (Wildman–Crippen MR) is 241 cm³/mol. The highest BCUT2D eigenvalue weighted by molar-refractivity contribution is 14.1. The molecule has 348 valence electrons. The largest absolute Gasteiger partial charge is 0.491 e. The van der Waals surface area contributed by atoms with Crippen LogP contribution in [0.2, 0.25) is 0 Å². The lowest BCUT2D eigenvalue weighted by Gasteiger charge is -2.09. The quantitative estimate of drug-likeness (QED) is 0.0364. The van der Waals surface area contributed by atoms with Gasteiger partial charge in [0.1, 0.15) is 12.4 Å². The standard InChI is InChI=1S/C45H83IO13/c1-2-3-4-5-6-7-10-13-44-14-16-45(17-15-44)59-43-42-58-41-40-57-39-38-56-37-36-55-35-34-54-33-32-53-31-30-52-29-28-51-27-26-50-25-24-49-23-22-48-21-20-47-19-12-9-8-11-18-46/h14-17H,2-13,18-43H2,1H3. The van der Waals surface area contributed by atoms with Crippen LogP contribution < -0.4 is 4.74 Å². The van der Waals surface area contributed by atoms with E-state index in [9.17, 15) is 0 Å². The number of halogens is 1. The van der Waals surface area contributed by atoms with Gasteiger partial charge in [0.05, 0.1) is 152 Å². The molecule has 0 aliphatic heterocycles. The minimum absolute atomic E-state index is 0.512. The van der Waals surface area contributed by atoms with Crippen LogP contribution in [0.15, 0.2) is 24.3 Å². The Morgan fingerprint density at radius 2 is 0.593 bits per heavy atom. The average Bonchev–Trinajstić information content (AvgIpc) is 3.25. The van der Waals surface area contributed by atoms with Crippen LogP contribution in [0.25, 0.3) is 0 Å². The summed E-state index contributed by atoms with van der Waals surface area (Å²) in [5.74, 6) is 0.887. The Morgan fingerprint density at radius 3 is 0.949 bits per heavy atom. The van der Waals surface area contributed by atoms with Gasteiger partial charge in [0, 0.05) is 6.61 Å². The van der Waals surface area contributed by atoms with E-state index in [1.165, 1.54) is 74.2 Å². The van der Waals surface area contributed by atoms with E-state index in [1.54, 1.807) is 0 Å². The van der Waals surface area contributed by atoms with Crippen LogP contribution >= 0.6 is 22.6 Å². The molecule has 1 aromatic carbocycles. The monoisotopic (exact) mass is 958 g/mol. The van der Waals surface area contributed by atoms with E-state index in [0.717, 1.165) is 25.2 Å². The molecule has 59 heavy (non-hydrogen) atoms. The highest BCUT2D eigenvalue weighted by atomic mass is 127. The SMILES string of the molecule is CCCCCCCCCc1ccc(OCCOCCOCCOCCOCCOCCOCCOCCOCCOCCOCCOCCOCCCCCCI)cc1. The van der Waals surface area contributed by atoms with Gasteiger partial charge >= 0.3 is 0 Å². The van der Waals surface area contributed by atoms with Gasteiger partial charge in [-0.25, -0.2) is 0 Å². The van der Waals surface area contributed by atoms with Crippen molar-refractivity contribution in [2.24, 2.45) is 0 Å². The van der Waals surface area contributed by atoms with E-state index >= 15 is 0 Å². The second-order valence-corrected chi connectivity index (χ2v) is 14.9. The Balaban J connectivity index is 1.66. The molecule has 0 aliphatic rings. The molecule has 0 amide bonds. The van der Waals surface area contributed by atoms with E-state index in [-0.39, 0.29) is 0 Å². The second-order valence-electron chi connectivity index (χ2n) is 13.8. The van der Waals surface area contributed by atoms with Crippen molar-refractivity contribution in [2.45, 2.75) is 84.0 Å². The van der Waals surface area contributed by atoms with Gasteiger partial charge in [0.15, 0.2) is 0 Å². The molecular weight excluding hydrogens is 875 g/mol. The maximum atomic E-state index is 5.79. The van der Waals surface area contributed by atoms with Crippen molar-refractivity contribution in [1.82, 2.24) is 0 Å². The summed E-state index contributed by atoms with van der Waals surface area (Å²) in [7, 11) is 0. The lowest BCUT2D eigenvalue weighted by molar-refractivity contribution is -0.0285. The summed E-state index contributed by atoms with van der Waals surface area (Å²) in [5, 5.41) is 0. The number of aryl methyl sites for hydroxylation is 1.